The van der Waals surface area contributed by atoms with Crippen molar-refractivity contribution in [3.8, 4) is 0 Å². The molecule has 0 fully saturated rings. The Bertz CT molecular complexity index is 335. The largest absolute Gasteiger partial charge is 0.396 e. The second-order valence-corrected chi connectivity index (χ2v) is 6.43. The van der Waals surface area contributed by atoms with Crippen molar-refractivity contribution < 1.29 is 5.11 Å². The maximum atomic E-state index is 8.67. The van der Waals surface area contributed by atoms with Crippen molar-refractivity contribution in [3.63, 3.8) is 0 Å². The molecule has 17 heavy (non-hydrogen) atoms. The Balaban J connectivity index is 2.36. The van der Waals surface area contributed by atoms with Crippen LogP contribution >= 0.6 is 47.8 Å². The van der Waals surface area contributed by atoms with Gasteiger partial charge in [-0.1, -0.05) is 28.8 Å². The second-order valence-electron chi connectivity index (χ2n) is 3.81. The maximum absolute atomic E-state index is 8.67. The Morgan fingerprint density at radius 2 is 1.53 bits per heavy atom. The highest BCUT2D eigenvalue weighted by atomic mass is 79.9. The topological polar surface area (TPSA) is 32.3 Å². The number of nitrogens with one attached hydrogen (secondary N) is 1. The smallest absolute Gasteiger partial charge is 0.0629 e. The molecule has 0 unspecified atom stereocenters. The van der Waals surface area contributed by atoms with E-state index in [0.717, 1.165) is 51.3 Å². The molecule has 0 aliphatic heterocycles. The van der Waals surface area contributed by atoms with E-state index in [9.17, 15) is 0 Å². The second kappa shape index (κ2) is 8.51. The highest BCUT2D eigenvalue weighted by Gasteiger charge is 2.05. The monoisotopic (exact) mass is 427 g/mol. The minimum Gasteiger partial charge on any atom is -0.396 e. The Hall–Kier alpha value is 0.420. The minimum absolute atomic E-state index is 0.303. The van der Waals surface area contributed by atoms with Crippen LogP contribution in [-0.2, 0) is 0 Å². The number of hydrogen-bond donors (Lipinski definition) is 2. The van der Waals surface area contributed by atoms with Gasteiger partial charge in [-0.15, -0.1) is 0 Å². The first-order valence-corrected chi connectivity index (χ1v) is 8.02. The van der Waals surface area contributed by atoms with Gasteiger partial charge in [0.1, 0.15) is 0 Å². The van der Waals surface area contributed by atoms with Gasteiger partial charge >= 0.3 is 0 Å². The molecule has 5 heteroatoms. The van der Waals surface area contributed by atoms with Crippen LogP contribution in [0.2, 0.25) is 0 Å². The van der Waals surface area contributed by atoms with E-state index >= 15 is 0 Å². The zero-order valence-corrected chi connectivity index (χ0v) is 14.2. The third-order valence-corrected chi connectivity index (χ3v) is 4.10. The predicted octanol–water partition coefficient (Wildman–Crippen LogP) is 4.94. The summed E-state index contributed by atoms with van der Waals surface area (Å²) in [5.41, 5.74) is 1.09. The van der Waals surface area contributed by atoms with Crippen LogP contribution in [0.5, 0.6) is 0 Å². The molecule has 0 saturated heterocycles. The lowest BCUT2D eigenvalue weighted by Gasteiger charge is -2.11. The van der Waals surface area contributed by atoms with Gasteiger partial charge in [0, 0.05) is 26.6 Å². The molecule has 0 radical (unpaired) electrons. The zero-order valence-electron chi connectivity index (χ0n) is 9.48. The lowest BCUT2D eigenvalue weighted by molar-refractivity contribution is 0.283. The van der Waals surface area contributed by atoms with Crippen LogP contribution in [0.25, 0.3) is 0 Å². The van der Waals surface area contributed by atoms with E-state index in [0.29, 0.717) is 6.61 Å². The molecule has 2 N–H and O–H groups in total. The van der Waals surface area contributed by atoms with Crippen LogP contribution in [0.4, 0.5) is 5.69 Å². The first-order chi connectivity index (χ1) is 8.15. The fourth-order valence-electron chi connectivity index (χ4n) is 1.51. The van der Waals surface area contributed by atoms with Crippen LogP contribution in [-0.4, -0.2) is 18.3 Å². The van der Waals surface area contributed by atoms with Crippen LogP contribution in [0, 0.1) is 0 Å². The zero-order chi connectivity index (χ0) is 12.7. The third kappa shape index (κ3) is 5.73. The molecule has 0 amide bonds. The summed E-state index contributed by atoms with van der Waals surface area (Å²) in [6.07, 6.45) is 4.28. The Morgan fingerprint density at radius 1 is 0.941 bits per heavy atom. The van der Waals surface area contributed by atoms with Gasteiger partial charge in [0.05, 0.1) is 5.69 Å². The molecular formula is C12H16Br3NO. The number of hydrogen-bond acceptors (Lipinski definition) is 2. The van der Waals surface area contributed by atoms with Crippen molar-refractivity contribution in [2.45, 2.75) is 25.7 Å². The Labute approximate surface area is 128 Å². The molecule has 0 aromatic heterocycles. The van der Waals surface area contributed by atoms with E-state index in [4.69, 9.17) is 5.11 Å². The summed E-state index contributed by atoms with van der Waals surface area (Å²) in [7, 11) is 0. The number of halogens is 3. The van der Waals surface area contributed by atoms with E-state index in [-0.39, 0.29) is 0 Å². The summed E-state index contributed by atoms with van der Waals surface area (Å²) in [5, 5.41) is 12.1. The molecule has 0 atom stereocenters. The van der Waals surface area contributed by atoms with Crippen molar-refractivity contribution >= 4 is 53.5 Å². The van der Waals surface area contributed by atoms with E-state index in [1.807, 2.05) is 12.1 Å². The standard InChI is InChI=1S/C12H16Br3NO/c13-9-7-10(14)12(11(15)8-9)16-5-3-1-2-4-6-17/h7-8,16-17H,1-6H2. The summed E-state index contributed by atoms with van der Waals surface area (Å²) in [6, 6.07) is 4.05. The molecule has 1 rings (SSSR count). The van der Waals surface area contributed by atoms with Crippen LogP contribution in [0.1, 0.15) is 25.7 Å². The number of anilines is 1. The highest BCUT2D eigenvalue weighted by Crippen LogP contribution is 2.34. The molecule has 0 spiro atoms. The third-order valence-electron chi connectivity index (χ3n) is 2.39. The van der Waals surface area contributed by atoms with Gasteiger partial charge in [-0.25, -0.2) is 0 Å². The SMILES string of the molecule is OCCCCCCNc1c(Br)cc(Br)cc1Br. The number of unbranched alkanes of at least 4 members (excludes halogenated alkanes) is 3. The average Bonchev–Trinajstić information content (AvgIpc) is 2.26. The first-order valence-electron chi connectivity index (χ1n) is 5.64. The van der Waals surface area contributed by atoms with Crippen LogP contribution in [0.15, 0.2) is 25.6 Å². The lowest BCUT2D eigenvalue weighted by atomic mass is 10.2. The van der Waals surface area contributed by atoms with Gasteiger partial charge in [-0.2, -0.15) is 0 Å². The van der Waals surface area contributed by atoms with Crippen molar-refractivity contribution in [3.05, 3.63) is 25.6 Å². The van der Waals surface area contributed by atoms with E-state index in [1.54, 1.807) is 0 Å². The molecule has 96 valence electrons. The molecule has 0 saturated carbocycles. The summed E-state index contributed by atoms with van der Waals surface area (Å²) in [4.78, 5) is 0. The summed E-state index contributed by atoms with van der Waals surface area (Å²) >= 11 is 10.5. The van der Waals surface area contributed by atoms with Gasteiger partial charge in [-0.05, 0) is 56.8 Å². The van der Waals surface area contributed by atoms with E-state index in [1.165, 1.54) is 0 Å². The Kier molecular flexibility index (Phi) is 7.75. The van der Waals surface area contributed by atoms with Gasteiger partial charge in [0.15, 0.2) is 0 Å². The fourth-order valence-corrected chi connectivity index (χ4v) is 4.05. The quantitative estimate of drug-likeness (QED) is 0.602. The molecule has 0 aliphatic rings. The molecular weight excluding hydrogens is 414 g/mol. The van der Waals surface area contributed by atoms with Crippen molar-refractivity contribution in [1.82, 2.24) is 0 Å². The van der Waals surface area contributed by atoms with Crippen molar-refractivity contribution in [2.24, 2.45) is 0 Å². The molecule has 1 aromatic rings. The predicted molar refractivity (Wildman–Crippen MR) is 83.6 cm³/mol. The molecule has 0 aliphatic carbocycles. The number of benzene rings is 1. The molecule has 0 heterocycles. The molecule has 1 aromatic carbocycles. The van der Waals surface area contributed by atoms with Crippen LogP contribution in [0.3, 0.4) is 0 Å². The lowest BCUT2D eigenvalue weighted by Crippen LogP contribution is -2.03. The molecule has 0 bridgehead atoms. The summed E-state index contributed by atoms with van der Waals surface area (Å²) in [5.74, 6) is 0. The maximum Gasteiger partial charge on any atom is 0.0629 e. The summed E-state index contributed by atoms with van der Waals surface area (Å²) < 4.78 is 3.15. The fraction of sp³-hybridized carbons (Fsp3) is 0.500. The number of aliphatic hydroxyl groups excluding tert-OH is 1. The highest BCUT2D eigenvalue weighted by molar-refractivity contribution is 9.11. The summed E-state index contributed by atoms with van der Waals surface area (Å²) in [6.45, 7) is 1.25. The minimum atomic E-state index is 0.303. The van der Waals surface area contributed by atoms with Gasteiger partial charge in [0.2, 0.25) is 0 Å². The van der Waals surface area contributed by atoms with E-state index in [2.05, 4.69) is 53.1 Å². The molecule has 2 nitrogen and oxygen atoms in total. The van der Waals surface area contributed by atoms with Gasteiger partial charge < -0.3 is 10.4 Å². The number of aliphatic hydroxyl groups is 1. The van der Waals surface area contributed by atoms with E-state index < -0.39 is 0 Å². The van der Waals surface area contributed by atoms with Crippen molar-refractivity contribution in [2.75, 3.05) is 18.5 Å². The van der Waals surface area contributed by atoms with Gasteiger partial charge in [-0.3, -0.25) is 0 Å². The average molecular weight is 430 g/mol. The first kappa shape index (κ1) is 15.5. The van der Waals surface area contributed by atoms with Crippen LogP contribution < -0.4 is 5.32 Å². The van der Waals surface area contributed by atoms with Gasteiger partial charge in [0.25, 0.3) is 0 Å². The Morgan fingerprint density at radius 3 is 2.12 bits per heavy atom. The normalized spacial score (nSPS) is 10.6. The van der Waals surface area contributed by atoms with Crippen molar-refractivity contribution in [1.29, 1.82) is 0 Å². The number of rotatable bonds is 7.